The van der Waals surface area contributed by atoms with Gasteiger partial charge in [0.2, 0.25) is 0 Å². The molecule has 0 saturated carbocycles. The third kappa shape index (κ3) is 3.00. The summed E-state index contributed by atoms with van der Waals surface area (Å²) < 4.78 is 0. The lowest BCUT2D eigenvalue weighted by Gasteiger charge is -2.40. The van der Waals surface area contributed by atoms with Crippen LogP contribution < -0.4 is 5.32 Å². The van der Waals surface area contributed by atoms with E-state index in [1.807, 2.05) is 0 Å². The van der Waals surface area contributed by atoms with Gasteiger partial charge in [0.25, 0.3) is 0 Å². The summed E-state index contributed by atoms with van der Waals surface area (Å²) in [6.07, 6.45) is 2.36. The van der Waals surface area contributed by atoms with Gasteiger partial charge in [-0.1, -0.05) is 54.1 Å². The van der Waals surface area contributed by atoms with Crippen molar-refractivity contribution in [1.29, 1.82) is 0 Å². The van der Waals surface area contributed by atoms with Crippen LogP contribution in [-0.2, 0) is 5.41 Å². The molecule has 0 aromatic heterocycles. The monoisotopic (exact) mass is 301 g/mol. The van der Waals surface area contributed by atoms with Gasteiger partial charge in [0, 0.05) is 5.41 Å². The second-order valence-corrected chi connectivity index (χ2v) is 6.01. The Morgan fingerprint density at radius 3 is 2.10 bits per heavy atom. The number of aryl methyl sites for hydroxylation is 2. The number of halogens is 1. The lowest BCUT2D eigenvalue weighted by molar-refractivity contribution is 0.361. The van der Waals surface area contributed by atoms with E-state index in [4.69, 9.17) is 0 Å². The first-order valence-electron chi connectivity index (χ1n) is 7.56. The molecule has 1 aliphatic rings. The summed E-state index contributed by atoms with van der Waals surface area (Å²) in [5, 5.41) is 3.51. The molecule has 1 N–H and O–H groups in total. The Hall–Kier alpha value is -1.31. The summed E-state index contributed by atoms with van der Waals surface area (Å²) in [6.45, 7) is 6.60. The average molecular weight is 302 g/mol. The molecule has 1 heterocycles. The molecule has 112 valence electrons. The molecule has 0 bridgehead atoms. The van der Waals surface area contributed by atoms with Crippen molar-refractivity contribution in [3.63, 3.8) is 0 Å². The molecule has 0 aliphatic carbocycles. The van der Waals surface area contributed by atoms with Crippen molar-refractivity contribution in [3.05, 3.63) is 70.8 Å². The van der Waals surface area contributed by atoms with Gasteiger partial charge < -0.3 is 5.32 Å². The fourth-order valence-corrected chi connectivity index (χ4v) is 3.55. The van der Waals surface area contributed by atoms with Crippen LogP contribution in [0.2, 0.25) is 0 Å². The van der Waals surface area contributed by atoms with Crippen molar-refractivity contribution in [2.75, 3.05) is 13.1 Å². The van der Waals surface area contributed by atoms with Gasteiger partial charge >= 0.3 is 0 Å². The van der Waals surface area contributed by atoms with Crippen LogP contribution in [0.1, 0.15) is 35.1 Å². The molecule has 2 aromatic rings. The minimum absolute atomic E-state index is 0. The lowest BCUT2D eigenvalue weighted by atomic mass is 9.67. The molecule has 3 rings (SSSR count). The van der Waals surface area contributed by atoms with Crippen LogP contribution in [0.3, 0.4) is 0 Å². The van der Waals surface area contributed by atoms with Crippen LogP contribution in [0.5, 0.6) is 0 Å². The van der Waals surface area contributed by atoms with E-state index in [9.17, 15) is 0 Å². The van der Waals surface area contributed by atoms with Crippen molar-refractivity contribution >= 4 is 12.4 Å². The fourth-order valence-electron chi connectivity index (χ4n) is 3.55. The van der Waals surface area contributed by atoms with Crippen molar-refractivity contribution in [1.82, 2.24) is 5.32 Å². The second kappa shape index (κ2) is 6.64. The fraction of sp³-hybridized carbons (Fsp3) is 0.368. The van der Waals surface area contributed by atoms with Crippen molar-refractivity contribution in [2.45, 2.75) is 32.1 Å². The Kier molecular flexibility index (Phi) is 5.08. The molecule has 2 heteroatoms. The molecular formula is C19H24ClN. The maximum absolute atomic E-state index is 3.51. The van der Waals surface area contributed by atoms with Crippen molar-refractivity contribution in [2.24, 2.45) is 0 Å². The molecule has 0 atom stereocenters. The van der Waals surface area contributed by atoms with Crippen molar-refractivity contribution in [3.8, 4) is 0 Å². The van der Waals surface area contributed by atoms with E-state index in [-0.39, 0.29) is 17.8 Å². The molecule has 0 amide bonds. The second-order valence-electron chi connectivity index (χ2n) is 6.01. The van der Waals surface area contributed by atoms with E-state index in [2.05, 4.69) is 67.7 Å². The number of piperidine rings is 1. The summed E-state index contributed by atoms with van der Waals surface area (Å²) in [5.74, 6) is 0. The largest absolute Gasteiger partial charge is 0.317 e. The van der Waals surface area contributed by atoms with Crippen LogP contribution in [0.25, 0.3) is 0 Å². The van der Waals surface area contributed by atoms with Gasteiger partial charge in [-0.05, 0) is 56.5 Å². The first-order chi connectivity index (χ1) is 9.72. The van der Waals surface area contributed by atoms with E-state index in [1.54, 1.807) is 0 Å². The number of hydrogen-bond acceptors (Lipinski definition) is 1. The molecule has 1 nitrogen and oxygen atoms in total. The van der Waals surface area contributed by atoms with Gasteiger partial charge in [-0.3, -0.25) is 0 Å². The van der Waals surface area contributed by atoms with E-state index in [1.165, 1.54) is 35.1 Å². The van der Waals surface area contributed by atoms with Crippen LogP contribution in [0.4, 0.5) is 0 Å². The summed E-state index contributed by atoms with van der Waals surface area (Å²) in [5.41, 5.74) is 5.91. The maximum atomic E-state index is 3.51. The quantitative estimate of drug-likeness (QED) is 0.867. The van der Waals surface area contributed by atoms with Gasteiger partial charge in [-0.2, -0.15) is 0 Å². The maximum Gasteiger partial charge on any atom is 0.0229 e. The van der Waals surface area contributed by atoms with Gasteiger partial charge in [0.05, 0.1) is 0 Å². The SMILES string of the molecule is Cc1ccc(C2(c3ccccc3C)CCNCC2)cc1.Cl. The standard InChI is InChI=1S/C19H23N.ClH/c1-15-7-9-17(10-8-15)19(11-13-20-14-12-19)18-6-4-3-5-16(18)2;/h3-10,20H,11-14H2,1-2H3;1H. The van der Waals surface area contributed by atoms with Crippen molar-refractivity contribution < 1.29 is 0 Å². The zero-order valence-electron chi connectivity index (χ0n) is 12.9. The first-order valence-corrected chi connectivity index (χ1v) is 7.56. The summed E-state index contributed by atoms with van der Waals surface area (Å²) >= 11 is 0. The Balaban J connectivity index is 0.00000161. The van der Waals surface area contributed by atoms with E-state index in [0.29, 0.717) is 0 Å². The van der Waals surface area contributed by atoms with Crippen LogP contribution in [-0.4, -0.2) is 13.1 Å². The summed E-state index contributed by atoms with van der Waals surface area (Å²) in [6, 6.07) is 18.0. The van der Waals surface area contributed by atoms with E-state index in [0.717, 1.165) is 13.1 Å². The molecule has 21 heavy (non-hydrogen) atoms. The van der Waals surface area contributed by atoms with Crippen LogP contribution >= 0.6 is 12.4 Å². The Morgan fingerprint density at radius 1 is 0.857 bits per heavy atom. The average Bonchev–Trinajstić information content (AvgIpc) is 2.49. The summed E-state index contributed by atoms with van der Waals surface area (Å²) in [7, 11) is 0. The highest BCUT2D eigenvalue weighted by Gasteiger charge is 2.36. The number of rotatable bonds is 2. The van der Waals surface area contributed by atoms with Crippen LogP contribution in [0, 0.1) is 13.8 Å². The Morgan fingerprint density at radius 2 is 1.48 bits per heavy atom. The van der Waals surface area contributed by atoms with Gasteiger partial charge in [-0.15, -0.1) is 12.4 Å². The lowest BCUT2D eigenvalue weighted by Crippen LogP contribution is -2.41. The summed E-state index contributed by atoms with van der Waals surface area (Å²) in [4.78, 5) is 0. The molecular weight excluding hydrogens is 278 g/mol. The van der Waals surface area contributed by atoms with E-state index >= 15 is 0 Å². The highest BCUT2D eigenvalue weighted by atomic mass is 35.5. The predicted octanol–water partition coefficient (Wildman–Crippen LogP) is 4.39. The highest BCUT2D eigenvalue weighted by molar-refractivity contribution is 5.85. The van der Waals surface area contributed by atoms with Gasteiger partial charge in [0.1, 0.15) is 0 Å². The zero-order valence-corrected chi connectivity index (χ0v) is 13.7. The highest BCUT2D eigenvalue weighted by Crippen LogP contribution is 2.41. The Bertz CT molecular complexity index is 583. The molecule has 0 unspecified atom stereocenters. The number of nitrogens with one attached hydrogen (secondary N) is 1. The third-order valence-corrected chi connectivity index (χ3v) is 4.72. The van der Waals surface area contributed by atoms with E-state index < -0.39 is 0 Å². The molecule has 1 aliphatic heterocycles. The normalized spacial score (nSPS) is 17.0. The molecule has 1 saturated heterocycles. The number of benzene rings is 2. The van der Waals surface area contributed by atoms with Gasteiger partial charge in [0.15, 0.2) is 0 Å². The van der Waals surface area contributed by atoms with Crippen LogP contribution in [0.15, 0.2) is 48.5 Å². The topological polar surface area (TPSA) is 12.0 Å². The first kappa shape index (κ1) is 16.1. The molecule has 2 aromatic carbocycles. The minimum atomic E-state index is 0. The zero-order chi connectivity index (χ0) is 14.0. The minimum Gasteiger partial charge on any atom is -0.317 e. The Labute approximate surface area is 134 Å². The number of hydrogen-bond donors (Lipinski definition) is 1. The third-order valence-electron chi connectivity index (χ3n) is 4.72. The smallest absolute Gasteiger partial charge is 0.0229 e. The molecule has 0 radical (unpaired) electrons. The molecule has 1 fully saturated rings. The molecule has 0 spiro atoms. The van der Waals surface area contributed by atoms with Gasteiger partial charge in [-0.25, -0.2) is 0 Å². The predicted molar refractivity (Wildman–Crippen MR) is 92.5 cm³/mol.